The van der Waals surface area contributed by atoms with Crippen molar-refractivity contribution in [1.82, 2.24) is 10.6 Å². The normalized spacial score (nSPS) is 22.2. The van der Waals surface area contributed by atoms with E-state index in [1.807, 2.05) is 19.9 Å². The molecule has 2 N–H and O–H groups in total. The van der Waals surface area contributed by atoms with Gasteiger partial charge in [-0.25, -0.2) is 8.42 Å². The molecule has 1 saturated heterocycles. The molecule has 32 heavy (non-hydrogen) atoms. The molecule has 3 rings (SSSR count). The number of amides is 1. The second-order valence-corrected chi connectivity index (χ2v) is 10.5. The van der Waals surface area contributed by atoms with Crippen LogP contribution in [-0.4, -0.2) is 50.8 Å². The lowest BCUT2D eigenvalue weighted by Gasteiger charge is -2.25. The minimum Gasteiger partial charge on any atom is -0.372 e. The van der Waals surface area contributed by atoms with E-state index in [2.05, 4.69) is 10.6 Å². The van der Waals surface area contributed by atoms with Crippen molar-refractivity contribution in [1.29, 1.82) is 5.26 Å². The van der Waals surface area contributed by atoms with Gasteiger partial charge in [0.25, 0.3) is 0 Å². The molecule has 2 atom stereocenters. The number of carbonyl (C=O) groups excluding carboxylic acids is 1. The van der Waals surface area contributed by atoms with Crippen molar-refractivity contribution in [3.05, 3.63) is 23.8 Å². The number of nitrogens with one attached hydrogen (secondary N) is 2. The summed E-state index contributed by atoms with van der Waals surface area (Å²) in [6.45, 7) is 4.63. The molecule has 2 fully saturated rings. The summed E-state index contributed by atoms with van der Waals surface area (Å²) in [5.41, 5.74) is -1.79. The third-order valence-corrected chi connectivity index (χ3v) is 8.19. The number of benzene rings is 1. The Morgan fingerprint density at radius 1 is 1.34 bits per heavy atom. The molecule has 1 heterocycles. The monoisotopic (exact) mass is 472 g/mol. The van der Waals surface area contributed by atoms with Crippen molar-refractivity contribution < 1.29 is 26.4 Å². The fourth-order valence-corrected chi connectivity index (χ4v) is 5.82. The number of nitriles is 1. The van der Waals surface area contributed by atoms with Gasteiger partial charge in [-0.3, -0.25) is 4.79 Å². The van der Waals surface area contributed by atoms with E-state index in [1.54, 1.807) is 4.90 Å². The number of halogens is 3. The van der Waals surface area contributed by atoms with Gasteiger partial charge in [0, 0.05) is 25.3 Å². The fourth-order valence-electron chi connectivity index (χ4n) is 3.96. The van der Waals surface area contributed by atoms with E-state index >= 15 is 0 Å². The molecule has 0 bridgehead atoms. The van der Waals surface area contributed by atoms with Gasteiger partial charge in [-0.1, -0.05) is 6.92 Å². The van der Waals surface area contributed by atoms with Gasteiger partial charge in [-0.2, -0.15) is 18.4 Å². The predicted molar refractivity (Wildman–Crippen MR) is 113 cm³/mol. The molecule has 1 saturated carbocycles. The Labute approximate surface area is 185 Å². The first-order valence-corrected chi connectivity index (χ1v) is 12.2. The summed E-state index contributed by atoms with van der Waals surface area (Å²) < 4.78 is 67.9. The van der Waals surface area contributed by atoms with Crippen LogP contribution in [0.4, 0.5) is 18.9 Å². The Morgan fingerprint density at radius 3 is 2.56 bits per heavy atom. The summed E-state index contributed by atoms with van der Waals surface area (Å²) >= 11 is 0. The van der Waals surface area contributed by atoms with Crippen LogP contribution in [0, 0.1) is 11.3 Å². The largest absolute Gasteiger partial charge is 0.417 e. The lowest BCUT2D eigenvalue weighted by Crippen LogP contribution is -2.45. The zero-order valence-electron chi connectivity index (χ0n) is 18.0. The van der Waals surface area contributed by atoms with Crippen molar-refractivity contribution in [2.45, 2.75) is 67.4 Å². The Morgan fingerprint density at radius 2 is 2.03 bits per heavy atom. The highest BCUT2D eigenvalue weighted by Crippen LogP contribution is 2.39. The molecule has 176 valence electrons. The van der Waals surface area contributed by atoms with Crippen LogP contribution in [0.3, 0.4) is 0 Å². The molecule has 11 heteroatoms. The molecule has 0 unspecified atom stereocenters. The van der Waals surface area contributed by atoms with Crippen LogP contribution >= 0.6 is 0 Å². The maximum Gasteiger partial charge on any atom is 0.417 e. The molecule has 2 aliphatic rings. The first kappa shape index (κ1) is 24.3. The predicted octanol–water partition coefficient (Wildman–Crippen LogP) is 2.62. The van der Waals surface area contributed by atoms with Gasteiger partial charge in [-0.05, 0) is 50.8 Å². The molecule has 0 radical (unpaired) electrons. The molecule has 0 aromatic heterocycles. The summed E-state index contributed by atoms with van der Waals surface area (Å²) in [6, 6.07) is 4.45. The van der Waals surface area contributed by atoms with Gasteiger partial charge in [0.05, 0.1) is 27.8 Å². The van der Waals surface area contributed by atoms with Crippen LogP contribution in [0.15, 0.2) is 23.1 Å². The van der Waals surface area contributed by atoms with Crippen molar-refractivity contribution in [2.75, 3.05) is 24.5 Å². The summed E-state index contributed by atoms with van der Waals surface area (Å²) in [7, 11) is -4.36. The number of sulfone groups is 1. The summed E-state index contributed by atoms with van der Waals surface area (Å²) in [4.78, 5) is 13.4. The zero-order chi connectivity index (χ0) is 23.7. The van der Waals surface area contributed by atoms with Crippen LogP contribution in [0.25, 0.3) is 0 Å². The highest BCUT2D eigenvalue weighted by atomic mass is 32.2. The average molecular weight is 473 g/mol. The van der Waals surface area contributed by atoms with E-state index in [-0.39, 0.29) is 13.0 Å². The van der Waals surface area contributed by atoms with Crippen molar-refractivity contribution in [3.8, 4) is 6.07 Å². The highest BCUT2D eigenvalue weighted by Gasteiger charge is 2.48. The minimum absolute atomic E-state index is 0.143. The van der Waals surface area contributed by atoms with Gasteiger partial charge < -0.3 is 15.5 Å². The van der Waals surface area contributed by atoms with E-state index in [4.69, 9.17) is 5.26 Å². The van der Waals surface area contributed by atoms with Crippen LogP contribution < -0.4 is 15.5 Å². The van der Waals surface area contributed by atoms with E-state index < -0.39 is 49.2 Å². The first-order valence-electron chi connectivity index (χ1n) is 10.6. The summed E-state index contributed by atoms with van der Waals surface area (Å²) in [6.07, 6.45) is -3.22. The van der Waals surface area contributed by atoms with Gasteiger partial charge in [0.1, 0.15) is 5.54 Å². The highest BCUT2D eigenvalue weighted by molar-refractivity contribution is 7.92. The summed E-state index contributed by atoms with van der Waals surface area (Å²) in [5.74, 6) is -0.508. The van der Waals surface area contributed by atoms with Crippen molar-refractivity contribution in [3.63, 3.8) is 0 Å². The lowest BCUT2D eigenvalue weighted by atomic mass is 10.1. The number of hydrogen-bond donors (Lipinski definition) is 2. The third-order valence-electron chi connectivity index (χ3n) is 5.99. The van der Waals surface area contributed by atoms with Gasteiger partial charge >= 0.3 is 6.18 Å². The van der Waals surface area contributed by atoms with Crippen LogP contribution in [-0.2, 0) is 20.8 Å². The van der Waals surface area contributed by atoms with Crippen molar-refractivity contribution >= 4 is 21.4 Å². The molecule has 1 amide bonds. The van der Waals surface area contributed by atoms with Crippen LogP contribution in [0.2, 0.25) is 0 Å². The number of nitrogens with zero attached hydrogens (tertiary/aromatic N) is 2. The van der Waals surface area contributed by atoms with E-state index in [1.165, 1.54) is 6.07 Å². The van der Waals surface area contributed by atoms with E-state index in [0.717, 1.165) is 18.6 Å². The van der Waals surface area contributed by atoms with E-state index in [0.29, 0.717) is 31.6 Å². The lowest BCUT2D eigenvalue weighted by molar-refractivity contribution is -0.139. The molecule has 1 aromatic carbocycles. The second-order valence-electron chi connectivity index (χ2n) is 8.30. The summed E-state index contributed by atoms with van der Waals surface area (Å²) in [5, 5.41) is 13.3. The Balaban J connectivity index is 1.86. The van der Waals surface area contributed by atoms with Gasteiger partial charge in [-0.15, -0.1) is 0 Å². The van der Waals surface area contributed by atoms with Gasteiger partial charge in [0.15, 0.2) is 9.84 Å². The number of hydrogen-bond acceptors (Lipinski definition) is 6. The molecule has 1 aliphatic carbocycles. The van der Waals surface area contributed by atoms with Crippen molar-refractivity contribution in [2.24, 2.45) is 0 Å². The quantitative estimate of drug-likeness (QED) is 0.603. The molecular formula is C21H27F3N4O3S. The Hall–Kier alpha value is -2.32. The maximum atomic E-state index is 13.8. The average Bonchev–Trinajstić information content (AvgIpc) is 3.32. The Bertz CT molecular complexity index is 1020. The number of alkyl halides is 3. The topological polar surface area (TPSA) is 102 Å². The fraction of sp³-hybridized carbons (Fsp3) is 0.619. The number of rotatable bonds is 8. The smallest absolute Gasteiger partial charge is 0.372 e. The molecule has 1 aromatic rings. The number of carbonyl (C=O) groups is 1. The number of anilines is 1. The molecular weight excluding hydrogens is 445 g/mol. The zero-order valence-corrected chi connectivity index (χ0v) is 18.8. The van der Waals surface area contributed by atoms with E-state index in [9.17, 15) is 26.4 Å². The van der Waals surface area contributed by atoms with Crippen LogP contribution in [0.1, 0.15) is 45.1 Å². The standard InChI is InChI=1S/C21H27F3N4O3S/c1-3-9-28(4-2)14-5-6-18(16(10-14)21(22,23)24)32(30,31)15-11-17(26-12-15)19(29)27-20(13-25)7-8-20/h5-6,10,15,17,26H,3-4,7-9,11-12H2,1-2H3,(H,27,29)/t15-,17+/m1/s1. The second kappa shape index (κ2) is 8.90. The van der Waals surface area contributed by atoms with Gasteiger partial charge in [0.2, 0.25) is 5.91 Å². The maximum absolute atomic E-state index is 13.8. The SMILES string of the molecule is CCCN(CC)c1ccc(S(=O)(=O)[C@H]2CN[C@H](C(=O)NC3(C#N)CC3)C2)c(C(F)(F)F)c1. The Kier molecular flexibility index (Phi) is 6.77. The molecule has 1 aliphatic heterocycles. The first-order chi connectivity index (χ1) is 15.0. The minimum atomic E-state index is -4.85. The third kappa shape index (κ3) is 4.86. The molecule has 7 nitrogen and oxygen atoms in total. The molecule has 0 spiro atoms. The van der Waals surface area contributed by atoms with Crippen LogP contribution in [0.5, 0.6) is 0 Å².